The quantitative estimate of drug-likeness (QED) is 0.378. The van der Waals surface area contributed by atoms with Crippen molar-refractivity contribution in [2.24, 2.45) is 5.73 Å². The smallest absolute Gasteiger partial charge is 0.341 e. The number of esters is 1. The Kier molecular flexibility index (Phi) is 3.81. The number of halogens is 1. The van der Waals surface area contributed by atoms with Crippen LogP contribution in [0.2, 0.25) is 5.02 Å². The first-order chi connectivity index (χ1) is 7.41. The Morgan fingerprint density at radius 2 is 2.25 bits per heavy atom. The molecule has 0 bridgehead atoms. The number of rotatable bonds is 3. The summed E-state index contributed by atoms with van der Waals surface area (Å²) in [6.07, 6.45) is -0.765. The van der Waals surface area contributed by atoms with E-state index in [0.717, 1.165) is 6.07 Å². The number of hydrogen-bond donors (Lipinski definition) is 1. The van der Waals surface area contributed by atoms with Crippen molar-refractivity contribution in [1.29, 1.82) is 0 Å². The van der Waals surface area contributed by atoms with E-state index in [1.165, 1.54) is 19.1 Å². The molecule has 1 aromatic rings. The second-order valence-corrected chi connectivity index (χ2v) is 3.44. The maximum atomic E-state index is 11.4. The highest BCUT2D eigenvalue weighted by Crippen LogP contribution is 2.23. The second-order valence-electron chi connectivity index (χ2n) is 3.03. The topological polar surface area (TPSA) is 95.5 Å². The number of non-ortho nitro benzene ring substituents is 1. The molecule has 0 saturated heterocycles. The van der Waals surface area contributed by atoms with E-state index >= 15 is 0 Å². The third-order valence-corrected chi connectivity index (χ3v) is 1.99. The number of nitrogens with two attached hydrogens (primary N) is 1. The molecule has 0 aromatic heterocycles. The van der Waals surface area contributed by atoms with Crippen molar-refractivity contribution in [1.82, 2.24) is 0 Å². The van der Waals surface area contributed by atoms with E-state index in [1.54, 1.807) is 0 Å². The van der Waals surface area contributed by atoms with Crippen molar-refractivity contribution in [3.63, 3.8) is 0 Å². The van der Waals surface area contributed by atoms with Gasteiger partial charge in [0.1, 0.15) is 6.23 Å². The van der Waals surface area contributed by atoms with Crippen molar-refractivity contribution < 1.29 is 14.5 Å². The Morgan fingerprint density at radius 1 is 1.62 bits per heavy atom. The van der Waals surface area contributed by atoms with Gasteiger partial charge in [-0.25, -0.2) is 4.79 Å². The summed E-state index contributed by atoms with van der Waals surface area (Å²) in [5, 5.41) is 10.4. The van der Waals surface area contributed by atoms with Gasteiger partial charge in [-0.2, -0.15) is 0 Å². The first-order valence-corrected chi connectivity index (χ1v) is 4.70. The van der Waals surface area contributed by atoms with Crippen LogP contribution in [-0.4, -0.2) is 17.1 Å². The van der Waals surface area contributed by atoms with Crippen LogP contribution >= 0.6 is 11.6 Å². The van der Waals surface area contributed by atoms with E-state index in [9.17, 15) is 14.9 Å². The molecular formula is C9H9ClN2O4. The van der Waals surface area contributed by atoms with Crippen LogP contribution in [0.3, 0.4) is 0 Å². The van der Waals surface area contributed by atoms with Crippen LogP contribution in [0.5, 0.6) is 0 Å². The number of hydrogen-bond acceptors (Lipinski definition) is 5. The van der Waals surface area contributed by atoms with Gasteiger partial charge in [0.05, 0.1) is 15.5 Å². The molecule has 6 nitrogen and oxygen atoms in total. The van der Waals surface area contributed by atoms with Crippen molar-refractivity contribution in [2.75, 3.05) is 0 Å². The molecule has 86 valence electrons. The van der Waals surface area contributed by atoms with Crippen LogP contribution in [0.15, 0.2) is 18.2 Å². The van der Waals surface area contributed by atoms with E-state index in [0.29, 0.717) is 0 Å². The van der Waals surface area contributed by atoms with Crippen molar-refractivity contribution in [2.45, 2.75) is 13.2 Å². The molecule has 0 radical (unpaired) electrons. The van der Waals surface area contributed by atoms with E-state index < -0.39 is 17.1 Å². The minimum atomic E-state index is -0.765. The van der Waals surface area contributed by atoms with Gasteiger partial charge in [0, 0.05) is 12.1 Å². The van der Waals surface area contributed by atoms with Gasteiger partial charge in [0.25, 0.3) is 5.69 Å². The first kappa shape index (κ1) is 12.4. The number of benzene rings is 1. The van der Waals surface area contributed by atoms with Gasteiger partial charge >= 0.3 is 5.97 Å². The summed E-state index contributed by atoms with van der Waals surface area (Å²) in [7, 11) is 0. The molecule has 7 heteroatoms. The highest BCUT2D eigenvalue weighted by molar-refractivity contribution is 6.33. The molecule has 1 rings (SSSR count). The summed E-state index contributed by atoms with van der Waals surface area (Å²) >= 11 is 5.71. The van der Waals surface area contributed by atoms with Crippen molar-refractivity contribution in [3.05, 3.63) is 38.9 Å². The highest BCUT2D eigenvalue weighted by Gasteiger charge is 2.16. The lowest BCUT2D eigenvalue weighted by Gasteiger charge is -2.08. The molecule has 1 atom stereocenters. The maximum absolute atomic E-state index is 11.4. The number of carbonyl (C=O) groups is 1. The average Bonchev–Trinajstić information content (AvgIpc) is 2.15. The van der Waals surface area contributed by atoms with Gasteiger partial charge in [-0.3, -0.25) is 15.8 Å². The first-order valence-electron chi connectivity index (χ1n) is 4.32. The number of ether oxygens (including phenoxy) is 1. The standard InChI is InChI=1S/C9H9ClN2O4/c1-5(11)16-9(13)7-3-2-6(12(14)15)4-8(7)10/h2-5H,11H2,1H3. The predicted molar refractivity (Wildman–Crippen MR) is 57.2 cm³/mol. The average molecular weight is 245 g/mol. The Morgan fingerprint density at radius 3 is 2.69 bits per heavy atom. The Balaban J connectivity index is 2.99. The number of nitro benzene ring substituents is 1. The molecule has 0 saturated carbocycles. The van der Waals surface area contributed by atoms with Crippen molar-refractivity contribution >= 4 is 23.3 Å². The molecule has 0 aliphatic carbocycles. The lowest BCUT2D eigenvalue weighted by atomic mass is 10.2. The largest absolute Gasteiger partial charge is 0.443 e. The van der Waals surface area contributed by atoms with E-state index in [-0.39, 0.29) is 16.3 Å². The minimum Gasteiger partial charge on any atom is -0.443 e. The summed E-state index contributed by atoms with van der Waals surface area (Å²) < 4.78 is 4.70. The van der Waals surface area contributed by atoms with Crippen LogP contribution in [0.4, 0.5) is 5.69 Å². The van der Waals surface area contributed by atoms with Gasteiger partial charge in [-0.05, 0) is 13.0 Å². The minimum absolute atomic E-state index is 0.0418. The Bertz CT molecular complexity index is 434. The number of carbonyl (C=O) groups excluding carboxylic acids is 1. The number of nitrogens with zero attached hydrogens (tertiary/aromatic N) is 1. The monoisotopic (exact) mass is 244 g/mol. The molecule has 0 amide bonds. The van der Waals surface area contributed by atoms with Crippen molar-refractivity contribution in [3.8, 4) is 0 Å². The van der Waals surface area contributed by atoms with Crippen LogP contribution in [0.1, 0.15) is 17.3 Å². The van der Waals surface area contributed by atoms with E-state index in [2.05, 4.69) is 0 Å². The zero-order valence-corrected chi connectivity index (χ0v) is 9.10. The highest BCUT2D eigenvalue weighted by atomic mass is 35.5. The van der Waals surface area contributed by atoms with Gasteiger partial charge in [0.2, 0.25) is 0 Å². The lowest BCUT2D eigenvalue weighted by molar-refractivity contribution is -0.384. The SMILES string of the molecule is CC(N)OC(=O)c1ccc([N+](=O)[O-])cc1Cl. The van der Waals surface area contributed by atoms with Crippen LogP contribution in [-0.2, 0) is 4.74 Å². The summed E-state index contributed by atoms with van der Waals surface area (Å²) in [4.78, 5) is 21.2. The Hall–Kier alpha value is -1.66. The molecule has 0 fully saturated rings. The normalized spacial score (nSPS) is 11.9. The molecule has 16 heavy (non-hydrogen) atoms. The van der Waals surface area contributed by atoms with Gasteiger partial charge in [-0.15, -0.1) is 0 Å². The molecular weight excluding hydrogens is 236 g/mol. The third kappa shape index (κ3) is 2.91. The zero-order chi connectivity index (χ0) is 12.3. The molecule has 0 aliphatic rings. The maximum Gasteiger partial charge on any atom is 0.341 e. The van der Waals surface area contributed by atoms with E-state index in [1.807, 2.05) is 0 Å². The molecule has 1 unspecified atom stereocenters. The van der Waals surface area contributed by atoms with Gasteiger partial charge in [-0.1, -0.05) is 11.6 Å². The van der Waals surface area contributed by atoms with Crippen LogP contribution in [0.25, 0.3) is 0 Å². The fourth-order valence-corrected chi connectivity index (χ4v) is 1.27. The molecule has 1 aromatic carbocycles. The van der Waals surface area contributed by atoms with Crippen LogP contribution in [0, 0.1) is 10.1 Å². The molecule has 2 N–H and O–H groups in total. The predicted octanol–water partition coefficient (Wildman–Crippen LogP) is 1.71. The summed E-state index contributed by atoms with van der Waals surface area (Å²) in [6.45, 7) is 1.48. The zero-order valence-electron chi connectivity index (χ0n) is 8.34. The summed E-state index contributed by atoms with van der Waals surface area (Å²) in [5.74, 6) is -0.713. The molecule has 0 spiro atoms. The Labute approximate surface area is 96.1 Å². The molecule has 0 heterocycles. The number of nitro groups is 1. The van der Waals surface area contributed by atoms with Crippen LogP contribution < -0.4 is 5.73 Å². The van der Waals surface area contributed by atoms with Gasteiger partial charge < -0.3 is 4.74 Å². The lowest BCUT2D eigenvalue weighted by Crippen LogP contribution is -2.23. The van der Waals surface area contributed by atoms with E-state index in [4.69, 9.17) is 22.1 Å². The second kappa shape index (κ2) is 4.91. The fraction of sp³-hybridized carbons (Fsp3) is 0.222. The summed E-state index contributed by atoms with van der Waals surface area (Å²) in [6, 6.07) is 3.48. The molecule has 0 aliphatic heterocycles. The fourth-order valence-electron chi connectivity index (χ4n) is 1.02. The van der Waals surface area contributed by atoms with Gasteiger partial charge in [0.15, 0.2) is 0 Å². The third-order valence-electron chi connectivity index (χ3n) is 1.68. The summed E-state index contributed by atoms with van der Waals surface area (Å²) in [5.41, 5.74) is 5.12.